The van der Waals surface area contributed by atoms with Crippen LogP contribution in [0.15, 0.2) is 23.8 Å². The van der Waals surface area contributed by atoms with Gasteiger partial charge in [0.1, 0.15) is 0 Å². The maximum Gasteiger partial charge on any atom is 0.159 e. The number of rotatable bonds is 2. The molecule has 1 aliphatic carbocycles. The lowest BCUT2D eigenvalue weighted by molar-refractivity contribution is -0.115. The van der Waals surface area contributed by atoms with Gasteiger partial charge in [0.15, 0.2) is 5.78 Å². The summed E-state index contributed by atoms with van der Waals surface area (Å²) in [6, 6.07) is 0. The number of carbonyl (C=O) groups excluding carboxylic acids is 1. The van der Waals surface area contributed by atoms with Gasteiger partial charge in [-0.3, -0.25) is 4.79 Å². The molecule has 0 unspecified atom stereocenters. The Morgan fingerprint density at radius 3 is 2.73 bits per heavy atom. The van der Waals surface area contributed by atoms with E-state index >= 15 is 0 Å². The van der Waals surface area contributed by atoms with Crippen LogP contribution in [0.4, 0.5) is 0 Å². The number of carbonyl (C=O) groups is 1. The minimum atomic E-state index is 0.315. The molecule has 0 spiro atoms. The van der Waals surface area contributed by atoms with Crippen LogP contribution >= 0.6 is 0 Å². The summed E-state index contributed by atoms with van der Waals surface area (Å²) in [6.45, 7) is 7.78. The van der Waals surface area contributed by atoms with Gasteiger partial charge in [-0.2, -0.15) is 0 Å². The van der Waals surface area contributed by atoms with Crippen molar-refractivity contribution in [3.8, 4) is 0 Å². The van der Waals surface area contributed by atoms with Crippen LogP contribution in [0, 0.1) is 5.92 Å². The summed E-state index contributed by atoms with van der Waals surface area (Å²) in [4.78, 5) is 11.3. The summed E-state index contributed by atoms with van der Waals surface area (Å²) in [7, 11) is 0. The van der Waals surface area contributed by atoms with Crippen LogP contribution in [-0.2, 0) is 4.79 Å². The monoisotopic (exact) mass is 150 g/mol. The Balaban J connectivity index is 2.87. The Morgan fingerprint density at radius 1 is 1.73 bits per heavy atom. The summed E-state index contributed by atoms with van der Waals surface area (Å²) < 4.78 is 0. The zero-order valence-corrected chi connectivity index (χ0v) is 7.18. The second kappa shape index (κ2) is 3.04. The molecular weight excluding hydrogens is 136 g/mol. The molecule has 0 aromatic rings. The van der Waals surface area contributed by atoms with Gasteiger partial charge in [-0.25, -0.2) is 0 Å². The van der Waals surface area contributed by atoms with Gasteiger partial charge in [-0.15, -0.1) is 6.58 Å². The summed E-state index contributed by atoms with van der Waals surface area (Å²) in [5.41, 5.74) is 2.25. The number of Topliss-reactive ketones (excluding diaryl/α,β-unsaturated/α-hetero) is 1. The average molecular weight is 150 g/mol. The molecule has 11 heavy (non-hydrogen) atoms. The zero-order chi connectivity index (χ0) is 8.43. The molecule has 60 valence electrons. The molecule has 1 rings (SSSR count). The zero-order valence-electron chi connectivity index (χ0n) is 7.18. The molecule has 0 aromatic carbocycles. The number of hydrogen-bond donors (Lipinski definition) is 0. The van der Waals surface area contributed by atoms with Gasteiger partial charge in [0.25, 0.3) is 0 Å². The highest BCUT2D eigenvalue weighted by atomic mass is 16.1. The molecule has 0 saturated heterocycles. The quantitative estimate of drug-likeness (QED) is 0.553. The summed E-state index contributed by atoms with van der Waals surface area (Å²) in [6.07, 6.45) is 3.25. The van der Waals surface area contributed by atoms with Crippen LogP contribution in [0.1, 0.15) is 26.7 Å². The molecular formula is C10H14O. The van der Waals surface area contributed by atoms with Gasteiger partial charge in [0, 0.05) is 6.42 Å². The normalized spacial score (nSPS) is 24.5. The first-order chi connectivity index (χ1) is 5.16. The number of allylic oxidation sites excluding steroid dienone is 3. The first kappa shape index (κ1) is 8.25. The van der Waals surface area contributed by atoms with Crippen LogP contribution < -0.4 is 0 Å². The van der Waals surface area contributed by atoms with Crippen molar-refractivity contribution in [1.29, 1.82) is 0 Å². The Hall–Kier alpha value is -0.850. The Morgan fingerprint density at radius 2 is 2.36 bits per heavy atom. The van der Waals surface area contributed by atoms with Crippen LogP contribution in [0.5, 0.6) is 0 Å². The minimum Gasteiger partial charge on any atom is -0.295 e. The maximum absolute atomic E-state index is 11.3. The molecule has 0 radical (unpaired) electrons. The largest absolute Gasteiger partial charge is 0.295 e. The van der Waals surface area contributed by atoms with Crippen molar-refractivity contribution in [2.24, 2.45) is 5.92 Å². The first-order valence-electron chi connectivity index (χ1n) is 4.00. The van der Waals surface area contributed by atoms with Gasteiger partial charge >= 0.3 is 0 Å². The predicted molar refractivity (Wildman–Crippen MR) is 46.3 cm³/mol. The lowest BCUT2D eigenvalue weighted by Crippen LogP contribution is -1.95. The summed E-state index contributed by atoms with van der Waals surface area (Å²) in [5.74, 6) is 0.771. The van der Waals surface area contributed by atoms with Gasteiger partial charge in [0.05, 0.1) is 0 Å². The van der Waals surface area contributed by atoms with Gasteiger partial charge < -0.3 is 0 Å². The highest BCUT2D eigenvalue weighted by Gasteiger charge is 2.24. The fourth-order valence-electron chi connectivity index (χ4n) is 1.49. The van der Waals surface area contributed by atoms with E-state index < -0.39 is 0 Å². The highest BCUT2D eigenvalue weighted by Crippen LogP contribution is 2.30. The molecule has 0 amide bonds. The van der Waals surface area contributed by atoms with Crippen molar-refractivity contribution in [3.05, 3.63) is 23.8 Å². The molecule has 0 bridgehead atoms. The van der Waals surface area contributed by atoms with E-state index in [1.165, 1.54) is 5.57 Å². The van der Waals surface area contributed by atoms with Crippen LogP contribution in [0.3, 0.4) is 0 Å². The Bertz CT molecular complexity index is 223. The van der Waals surface area contributed by atoms with E-state index in [1.54, 1.807) is 6.08 Å². The van der Waals surface area contributed by atoms with E-state index in [0.717, 1.165) is 12.0 Å². The first-order valence-corrected chi connectivity index (χ1v) is 4.00. The van der Waals surface area contributed by atoms with Crippen molar-refractivity contribution in [3.63, 3.8) is 0 Å². The van der Waals surface area contributed by atoms with E-state index in [1.807, 2.05) is 0 Å². The molecule has 1 atom stereocenters. The van der Waals surface area contributed by atoms with Crippen LogP contribution in [-0.4, -0.2) is 5.78 Å². The van der Waals surface area contributed by atoms with Crippen molar-refractivity contribution >= 4 is 5.78 Å². The van der Waals surface area contributed by atoms with Crippen LogP contribution in [0.2, 0.25) is 0 Å². The van der Waals surface area contributed by atoms with Crippen LogP contribution in [0.25, 0.3) is 0 Å². The van der Waals surface area contributed by atoms with Crippen molar-refractivity contribution < 1.29 is 4.79 Å². The topological polar surface area (TPSA) is 17.1 Å². The van der Waals surface area contributed by atoms with Gasteiger partial charge in [-0.1, -0.05) is 18.6 Å². The molecule has 0 fully saturated rings. The average Bonchev–Trinajstić information content (AvgIpc) is 2.17. The fourth-order valence-corrected chi connectivity index (χ4v) is 1.49. The van der Waals surface area contributed by atoms with Gasteiger partial charge in [-0.05, 0) is 24.8 Å². The van der Waals surface area contributed by atoms with Crippen molar-refractivity contribution in [2.75, 3.05) is 0 Å². The van der Waals surface area contributed by atoms with Crippen molar-refractivity contribution in [2.45, 2.75) is 26.7 Å². The second-order valence-electron chi connectivity index (χ2n) is 3.18. The second-order valence-corrected chi connectivity index (χ2v) is 3.18. The Labute approximate surface area is 67.8 Å². The number of ketones is 1. The maximum atomic E-state index is 11.3. The SMILES string of the molecule is C=CCC1=C(C)[C@@H](C)CC1=O. The van der Waals surface area contributed by atoms with E-state index in [4.69, 9.17) is 0 Å². The lowest BCUT2D eigenvalue weighted by Gasteiger charge is -2.00. The Kier molecular flexibility index (Phi) is 2.28. The summed E-state index contributed by atoms with van der Waals surface area (Å²) in [5, 5.41) is 0. The minimum absolute atomic E-state index is 0.315. The molecule has 0 heterocycles. The van der Waals surface area contributed by atoms with Gasteiger partial charge in [0.2, 0.25) is 0 Å². The molecule has 1 nitrogen and oxygen atoms in total. The smallest absolute Gasteiger partial charge is 0.159 e. The van der Waals surface area contributed by atoms with Crippen molar-refractivity contribution in [1.82, 2.24) is 0 Å². The van der Waals surface area contributed by atoms with E-state index in [-0.39, 0.29) is 0 Å². The number of hydrogen-bond acceptors (Lipinski definition) is 1. The lowest BCUT2D eigenvalue weighted by atomic mass is 10.0. The highest BCUT2D eigenvalue weighted by molar-refractivity contribution is 5.99. The molecule has 0 aliphatic heterocycles. The standard InChI is InChI=1S/C10H14O/c1-4-5-9-8(3)7(2)6-10(9)11/h4,7H,1,5-6H2,2-3H3/t7-/m0/s1. The van der Waals surface area contributed by atoms with E-state index in [0.29, 0.717) is 18.1 Å². The third-order valence-electron chi connectivity index (χ3n) is 2.39. The fraction of sp³-hybridized carbons (Fsp3) is 0.500. The molecule has 0 aromatic heterocycles. The third-order valence-corrected chi connectivity index (χ3v) is 2.39. The molecule has 0 N–H and O–H groups in total. The third kappa shape index (κ3) is 1.42. The molecule has 0 saturated carbocycles. The van der Waals surface area contributed by atoms with E-state index in [2.05, 4.69) is 20.4 Å². The molecule has 1 heteroatoms. The van der Waals surface area contributed by atoms with E-state index in [9.17, 15) is 4.79 Å². The predicted octanol–water partition coefficient (Wildman–Crippen LogP) is 2.49. The summed E-state index contributed by atoms with van der Waals surface area (Å²) >= 11 is 0. The molecule has 1 aliphatic rings.